The number of hydrogen-bond acceptors (Lipinski definition) is 4. The first kappa shape index (κ1) is 30.7. The van der Waals surface area contributed by atoms with Gasteiger partial charge in [-0.2, -0.15) is 0 Å². The lowest BCUT2D eigenvalue weighted by Gasteiger charge is -2.39. The molecule has 1 aromatic rings. The fraction of sp³-hybridized carbons (Fsp3) is 0.606. The number of likely N-dealkylation sites (tertiary alicyclic amines) is 1. The summed E-state index contributed by atoms with van der Waals surface area (Å²) in [6.45, 7) is 18.9. The van der Waals surface area contributed by atoms with Gasteiger partial charge >= 0.3 is 5.97 Å². The summed E-state index contributed by atoms with van der Waals surface area (Å²) in [6, 6.07) is 6.55. The number of benzene rings is 1. The summed E-state index contributed by atoms with van der Waals surface area (Å²) in [4.78, 5) is 14.4. The van der Waals surface area contributed by atoms with E-state index in [1.165, 1.54) is 42.4 Å². The Kier molecular flexibility index (Phi) is 12.0. The first-order chi connectivity index (χ1) is 17.5. The predicted molar refractivity (Wildman–Crippen MR) is 155 cm³/mol. The topological polar surface area (TPSA) is 38.8 Å². The number of nitrogens with zero attached hydrogens (tertiary/aromatic N) is 1. The van der Waals surface area contributed by atoms with Crippen LogP contribution in [0.2, 0.25) is 0 Å². The molecule has 0 radical (unpaired) electrons. The van der Waals surface area contributed by atoms with E-state index in [1.54, 1.807) is 6.92 Å². The summed E-state index contributed by atoms with van der Waals surface area (Å²) in [6.07, 6.45) is 17.0. The van der Waals surface area contributed by atoms with E-state index in [-0.39, 0.29) is 11.4 Å². The average Bonchev–Trinajstić information content (AvgIpc) is 3.12. The molecule has 1 unspecified atom stereocenters. The van der Waals surface area contributed by atoms with Crippen molar-refractivity contribution in [2.75, 3.05) is 26.2 Å². The molecule has 204 valence electrons. The number of carbonyl (C=O) groups is 1. The normalized spacial score (nSPS) is 21.2. The van der Waals surface area contributed by atoms with E-state index in [1.807, 2.05) is 26.8 Å². The van der Waals surface area contributed by atoms with Crippen LogP contribution in [-0.4, -0.2) is 42.7 Å². The monoisotopic (exact) mass is 507 g/mol. The van der Waals surface area contributed by atoms with E-state index in [2.05, 4.69) is 61.9 Å². The number of aryl methyl sites for hydroxylation is 1. The predicted octanol–water partition coefficient (Wildman–Crippen LogP) is 7.40. The van der Waals surface area contributed by atoms with Gasteiger partial charge in [-0.15, -0.1) is 12.3 Å². The van der Waals surface area contributed by atoms with Crippen LogP contribution >= 0.6 is 0 Å². The number of ether oxygens (including phenoxy) is 2. The van der Waals surface area contributed by atoms with E-state index >= 15 is 0 Å². The molecule has 2 aliphatic heterocycles. The molecular formula is C33H49NO3. The quantitative estimate of drug-likeness (QED) is 0.228. The highest BCUT2D eigenvalue weighted by atomic mass is 16.6. The van der Waals surface area contributed by atoms with Crippen LogP contribution < -0.4 is 4.74 Å². The standard InChI is InChI=1S/C20H29NO3.C10H16.C3H4/c1-15-6-7-16-17(12-15)23-14-20(16)9-5-10-21(13-20)11-8-18(22)24-19(2,3)4;1-3-5-9(2)8-10-6-4-7-10;1-3-2/h6-7,12H,5,8-11,13-14H2,1-4H3;3,5,10H,1,4,6-8H2,2H3;1H,2H3/b;9-5+;. The lowest BCUT2D eigenvalue weighted by molar-refractivity contribution is -0.155. The Labute approximate surface area is 226 Å². The maximum absolute atomic E-state index is 12.0. The van der Waals surface area contributed by atoms with Crippen LogP contribution in [0.4, 0.5) is 0 Å². The number of rotatable bonds is 6. The Morgan fingerprint density at radius 3 is 2.62 bits per heavy atom. The second-order valence-corrected chi connectivity index (χ2v) is 11.8. The van der Waals surface area contributed by atoms with Gasteiger partial charge in [0.05, 0.1) is 13.0 Å². The van der Waals surface area contributed by atoms with Crippen molar-refractivity contribution in [2.45, 2.75) is 97.5 Å². The molecule has 0 amide bonds. The molecule has 0 bridgehead atoms. The van der Waals surface area contributed by atoms with Crippen molar-refractivity contribution >= 4 is 5.97 Å². The van der Waals surface area contributed by atoms with Crippen LogP contribution in [0.15, 0.2) is 42.5 Å². The zero-order valence-corrected chi connectivity index (χ0v) is 24.2. The van der Waals surface area contributed by atoms with Crippen molar-refractivity contribution in [3.8, 4) is 18.1 Å². The molecule has 0 aromatic heterocycles. The Morgan fingerprint density at radius 2 is 2.03 bits per heavy atom. The number of hydrogen-bond donors (Lipinski definition) is 0. The molecule has 2 heterocycles. The van der Waals surface area contributed by atoms with E-state index in [9.17, 15) is 4.79 Å². The van der Waals surface area contributed by atoms with Gasteiger partial charge in [0.2, 0.25) is 0 Å². The Morgan fingerprint density at radius 1 is 1.32 bits per heavy atom. The number of piperidine rings is 1. The van der Waals surface area contributed by atoms with Crippen LogP contribution in [0.5, 0.6) is 5.75 Å². The van der Waals surface area contributed by atoms with Gasteiger partial charge in [0.25, 0.3) is 0 Å². The zero-order valence-electron chi connectivity index (χ0n) is 24.2. The molecule has 1 spiro atoms. The second kappa shape index (κ2) is 14.4. The minimum atomic E-state index is -0.406. The van der Waals surface area contributed by atoms with Crippen molar-refractivity contribution in [1.29, 1.82) is 0 Å². The second-order valence-electron chi connectivity index (χ2n) is 11.8. The summed E-state index contributed by atoms with van der Waals surface area (Å²) < 4.78 is 11.4. The van der Waals surface area contributed by atoms with Gasteiger partial charge in [0, 0.05) is 24.1 Å². The molecule has 1 aliphatic carbocycles. The van der Waals surface area contributed by atoms with E-state index in [0.717, 1.165) is 50.8 Å². The highest BCUT2D eigenvalue weighted by Crippen LogP contribution is 2.44. The number of fused-ring (bicyclic) bond motifs is 2. The average molecular weight is 508 g/mol. The number of carbonyl (C=O) groups excluding carboxylic acids is 1. The van der Waals surface area contributed by atoms with Crippen molar-refractivity contribution < 1.29 is 14.3 Å². The van der Waals surface area contributed by atoms with E-state index < -0.39 is 5.60 Å². The fourth-order valence-electron chi connectivity index (χ4n) is 5.30. The smallest absolute Gasteiger partial charge is 0.307 e. The minimum absolute atomic E-state index is 0.0925. The van der Waals surface area contributed by atoms with E-state index in [0.29, 0.717) is 6.42 Å². The highest BCUT2D eigenvalue weighted by molar-refractivity contribution is 5.70. The molecule has 4 nitrogen and oxygen atoms in total. The van der Waals surface area contributed by atoms with Crippen LogP contribution in [0.25, 0.3) is 0 Å². The lowest BCUT2D eigenvalue weighted by Crippen LogP contribution is -2.47. The van der Waals surface area contributed by atoms with Gasteiger partial charge in [-0.1, -0.05) is 55.7 Å². The Hall–Kier alpha value is -2.51. The zero-order chi connectivity index (χ0) is 27.5. The molecule has 3 aliphatic rings. The van der Waals surface area contributed by atoms with Crippen molar-refractivity contribution in [2.24, 2.45) is 5.92 Å². The Balaban J connectivity index is 0.000000308. The number of terminal acetylenes is 1. The maximum Gasteiger partial charge on any atom is 0.307 e. The van der Waals surface area contributed by atoms with Gasteiger partial charge in [-0.25, -0.2) is 0 Å². The number of esters is 1. The molecule has 4 rings (SSSR count). The first-order valence-corrected chi connectivity index (χ1v) is 13.9. The largest absolute Gasteiger partial charge is 0.492 e. The van der Waals surface area contributed by atoms with Crippen molar-refractivity contribution in [1.82, 2.24) is 4.90 Å². The van der Waals surface area contributed by atoms with Gasteiger partial charge < -0.3 is 14.4 Å². The molecule has 4 heteroatoms. The van der Waals surface area contributed by atoms with Crippen molar-refractivity contribution in [3.63, 3.8) is 0 Å². The number of allylic oxidation sites excluding steroid dienone is 3. The Bertz CT molecular complexity index is 961. The lowest BCUT2D eigenvalue weighted by atomic mass is 9.75. The van der Waals surface area contributed by atoms with Crippen LogP contribution in [0.1, 0.15) is 90.7 Å². The molecule has 2 fully saturated rings. The fourth-order valence-corrected chi connectivity index (χ4v) is 5.30. The summed E-state index contributed by atoms with van der Waals surface area (Å²) in [5, 5.41) is 0. The van der Waals surface area contributed by atoms with Crippen molar-refractivity contribution in [3.05, 3.63) is 53.6 Å². The SMILES string of the molecule is C#CC.C=C/C=C(\C)CC1CCC1.Cc1ccc2c(c1)OCC21CCCN(CCC(=O)OC(C)(C)C)C1. The van der Waals surface area contributed by atoms with Gasteiger partial charge in [-0.05, 0) is 84.9 Å². The molecular weight excluding hydrogens is 458 g/mol. The summed E-state index contributed by atoms with van der Waals surface area (Å²) in [5.41, 5.74) is 3.75. The first-order valence-electron chi connectivity index (χ1n) is 13.9. The summed E-state index contributed by atoms with van der Waals surface area (Å²) in [7, 11) is 0. The maximum atomic E-state index is 12.0. The molecule has 1 atom stereocenters. The van der Waals surface area contributed by atoms with Gasteiger partial charge in [0.1, 0.15) is 11.4 Å². The highest BCUT2D eigenvalue weighted by Gasteiger charge is 2.43. The molecule has 1 saturated heterocycles. The summed E-state index contributed by atoms with van der Waals surface area (Å²) in [5.74, 6) is 4.18. The molecule has 1 saturated carbocycles. The third-order valence-corrected chi connectivity index (χ3v) is 7.16. The molecule has 1 aromatic carbocycles. The van der Waals surface area contributed by atoms with E-state index in [4.69, 9.17) is 9.47 Å². The van der Waals surface area contributed by atoms with Crippen LogP contribution in [-0.2, 0) is 14.9 Å². The molecule has 0 N–H and O–H groups in total. The van der Waals surface area contributed by atoms with Gasteiger partial charge in [-0.3, -0.25) is 4.79 Å². The van der Waals surface area contributed by atoms with Gasteiger partial charge in [0.15, 0.2) is 0 Å². The third kappa shape index (κ3) is 10.0. The minimum Gasteiger partial charge on any atom is -0.492 e. The van der Waals surface area contributed by atoms with Crippen LogP contribution in [0.3, 0.4) is 0 Å². The summed E-state index contributed by atoms with van der Waals surface area (Å²) >= 11 is 0. The van der Waals surface area contributed by atoms with Crippen LogP contribution in [0, 0.1) is 25.2 Å². The third-order valence-electron chi connectivity index (χ3n) is 7.16. The molecule has 37 heavy (non-hydrogen) atoms.